The second-order valence-electron chi connectivity index (χ2n) is 11.3. The van der Waals surface area contributed by atoms with Gasteiger partial charge in [0.25, 0.3) is 0 Å². The van der Waals surface area contributed by atoms with Crippen LogP contribution in [0.25, 0.3) is 36.0 Å². The molecule has 5 aromatic rings. The van der Waals surface area contributed by atoms with Crippen LogP contribution in [0.15, 0.2) is 90.5 Å². The number of carboxylic acid groups (broad SMARTS) is 1. The standard InChI is InChI=1S/C35H26N2O2S3/c36-19-23(35(38)39)18-25-11-12-29(40-25)30-15-16-32(42-30)31-14-13-28(41-31)20-7-9-24(10-8-20)37-27-4-2-1-3-26(27)33-21-5-6-22(17-21)34(33)37/h1-4,7-16,18,21-22,33-34H,5-6,17H2,(H,38,39)/b23-18+. The van der Waals surface area contributed by atoms with Crippen molar-refractivity contribution in [3.63, 3.8) is 0 Å². The molecule has 4 atom stereocenters. The number of nitrogens with zero attached hydrogens (tertiary/aromatic N) is 2. The maximum atomic E-state index is 11.2. The van der Waals surface area contributed by atoms with Gasteiger partial charge < -0.3 is 10.0 Å². The lowest BCUT2D eigenvalue weighted by Gasteiger charge is -2.33. The number of thiophene rings is 3. The summed E-state index contributed by atoms with van der Waals surface area (Å²) in [4.78, 5) is 20.5. The number of hydrogen-bond donors (Lipinski definition) is 1. The molecule has 3 aliphatic rings. The van der Waals surface area contributed by atoms with Crippen LogP contribution in [0.3, 0.4) is 0 Å². The number of benzene rings is 2. The third-order valence-electron chi connectivity index (χ3n) is 9.12. The van der Waals surface area contributed by atoms with Gasteiger partial charge in [0.2, 0.25) is 0 Å². The van der Waals surface area contributed by atoms with E-state index in [0.29, 0.717) is 12.0 Å². The molecule has 1 aliphatic heterocycles. The third kappa shape index (κ3) is 4.17. The third-order valence-corrected chi connectivity index (χ3v) is 12.8. The van der Waals surface area contributed by atoms with Crippen LogP contribution in [0.2, 0.25) is 0 Å². The van der Waals surface area contributed by atoms with Gasteiger partial charge in [0.05, 0.1) is 0 Å². The molecule has 42 heavy (non-hydrogen) atoms. The summed E-state index contributed by atoms with van der Waals surface area (Å²) in [6.45, 7) is 0. The molecule has 4 unspecified atom stereocenters. The van der Waals surface area contributed by atoms with Crippen molar-refractivity contribution in [3.8, 4) is 36.0 Å². The van der Waals surface area contributed by atoms with Gasteiger partial charge in [-0.2, -0.15) is 5.26 Å². The van der Waals surface area contributed by atoms with Gasteiger partial charge in [-0.25, -0.2) is 4.79 Å². The summed E-state index contributed by atoms with van der Waals surface area (Å²) in [6, 6.07) is 33.2. The number of carbonyl (C=O) groups is 1. The highest BCUT2D eigenvalue weighted by Crippen LogP contribution is 2.62. The average molecular weight is 603 g/mol. The molecule has 0 amide bonds. The van der Waals surface area contributed by atoms with Crippen LogP contribution in [-0.2, 0) is 4.79 Å². The molecule has 8 rings (SSSR count). The van der Waals surface area contributed by atoms with Crippen LogP contribution in [0.5, 0.6) is 0 Å². The number of nitriles is 1. The second-order valence-corrected chi connectivity index (χ2v) is 14.6. The first-order valence-corrected chi connectivity index (χ1v) is 16.7. The number of para-hydroxylation sites is 1. The highest BCUT2D eigenvalue weighted by molar-refractivity contribution is 7.27. The molecule has 7 heteroatoms. The number of carboxylic acids is 1. The Hall–Kier alpha value is -3.96. The zero-order valence-electron chi connectivity index (χ0n) is 22.6. The van der Waals surface area contributed by atoms with Crippen LogP contribution < -0.4 is 4.90 Å². The first-order valence-electron chi connectivity index (χ1n) is 14.2. The minimum atomic E-state index is -1.20. The molecule has 2 bridgehead atoms. The average Bonchev–Trinajstić information content (AvgIpc) is 3.85. The number of hydrogen-bond acceptors (Lipinski definition) is 6. The van der Waals surface area contributed by atoms with E-state index in [4.69, 9.17) is 10.4 Å². The minimum Gasteiger partial charge on any atom is -0.477 e. The Balaban J connectivity index is 1.03. The molecule has 206 valence electrons. The summed E-state index contributed by atoms with van der Waals surface area (Å²) in [5.74, 6) is 1.14. The molecule has 2 aromatic carbocycles. The number of fused-ring (bicyclic) bond motifs is 7. The summed E-state index contributed by atoms with van der Waals surface area (Å²) >= 11 is 5.03. The van der Waals surface area contributed by atoms with Crippen LogP contribution in [0.1, 0.15) is 35.6 Å². The molecule has 2 saturated carbocycles. The normalized spacial score (nSPS) is 22.3. The molecule has 0 saturated heterocycles. The lowest BCUT2D eigenvalue weighted by molar-refractivity contribution is -0.132. The molecule has 0 spiro atoms. The molecule has 0 radical (unpaired) electrons. The van der Waals surface area contributed by atoms with Crippen molar-refractivity contribution in [1.82, 2.24) is 0 Å². The Labute approximate surface area is 256 Å². The fourth-order valence-electron chi connectivity index (χ4n) is 7.39. The molecule has 2 aliphatic carbocycles. The lowest BCUT2D eigenvalue weighted by Crippen LogP contribution is -2.35. The summed E-state index contributed by atoms with van der Waals surface area (Å²) in [6.07, 6.45) is 5.58. The van der Waals surface area contributed by atoms with Gasteiger partial charge in [0.1, 0.15) is 11.6 Å². The Bertz CT molecular complexity index is 1900. The zero-order chi connectivity index (χ0) is 28.4. The van der Waals surface area contributed by atoms with E-state index < -0.39 is 5.97 Å². The molecule has 3 aromatic heterocycles. The molecular weight excluding hydrogens is 577 g/mol. The monoisotopic (exact) mass is 602 g/mol. The van der Waals surface area contributed by atoms with E-state index in [-0.39, 0.29) is 5.57 Å². The fraction of sp³-hybridized carbons (Fsp3) is 0.200. The van der Waals surface area contributed by atoms with Crippen molar-refractivity contribution in [1.29, 1.82) is 5.26 Å². The van der Waals surface area contributed by atoms with Gasteiger partial charge in [0.15, 0.2) is 0 Å². The fourth-order valence-corrected chi connectivity index (χ4v) is 10.5. The quantitative estimate of drug-likeness (QED) is 0.155. The van der Waals surface area contributed by atoms with Gasteiger partial charge in [-0.05, 0) is 103 Å². The van der Waals surface area contributed by atoms with Gasteiger partial charge in [-0.3, -0.25) is 0 Å². The summed E-state index contributed by atoms with van der Waals surface area (Å²) in [5, 5.41) is 18.2. The Morgan fingerprint density at radius 1 is 0.810 bits per heavy atom. The van der Waals surface area contributed by atoms with Crippen molar-refractivity contribution < 1.29 is 9.90 Å². The van der Waals surface area contributed by atoms with E-state index in [1.54, 1.807) is 23.0 Å². The van der Waals surface area contributed by atoms with E-state index in [2.05, 4.69) is 77.7 Å². The summed E-state index contributed by atoms with van der Waals surface area (Å²) in [5.41, 5.74) is 5.25. The van der Waals surface area contributed by atoms with E-state index in [9.17, 15) is 4.79 Å². The highest BCUT2D eigenvalue weighted by atomic mass is 32.1. The Kier molecular flexibility index (Phi) is 6.18. The van der Waals surface area contributed by atoms with Gasteiger partial charge >= 0.3 is 5.97 Å². The van der Waals surface area contributed by atoms with Crippen molar-refractivity contribution in [2.45, 2.75) is 31.2 Å². The largest absolute Gasteiger partial charge is 0.477 e. The molecule has 1 N–H and O–H groups in total. The van der Waals surface area contributed by atoms with E-state index in [1.165, 1.54) is 68.2 Å². The van der Waals surface area contributed by atoms with Gasteiger partial charge in [-0.1, -0.05) is 30.3 Å². The minimum absolute atomic E-state index is 0.255. The first kappa shape index (κ1) is 25.7. The Morgan fingerprint density at radius 3 is 2.19 bits per heavy atom. The topological polar surface area (TPSA) is 64.3 Å². The van der Waals surface area contributed by atoms with E-state index in [0.717, 1.165) is 26.5 Å². The van der Waals surface area contributed by atoms with Crippen LogP contribution in [0.4, 0.5) is 11.4 Å². The first-order chi connectivity index (χ1) is 20.6. The maximum Gasteiger partial charge on any atom is 0.346 e. The highest BCUT2D eigenvalue weighted by Gasteiger charge is 2.55. The van der Waals surface area contributed by atoms with Gasteiger partial charge in [0, 0.05) is 52.6 Å². The number of aliphatic carboxylic acids is 1. The van der Waals surface area contributed by atoms with Crippen LogP contribution in [-0.4, -0.2) is 17.1 Å². The van der Waals surface area contributed by atoms with Crippen LogP contribution >= 0.6 is 34.0 Å². The maximum absolute atomic E-state index is 11.2. The predicted molar refractivity (Wildman–Crippen MR) is 174 cm³/mol. The Morgan fingerprint density at radius 2 is 1.45 bits per heavy atom. The second kappa shape index (κ2) is 10.1. The summed E-state index contributed by atoms with van der Waals surface area (Å²) < 4.78 is 0. The lowest BCUT2D eigenvalue weighted by atomic mass is 9.82. The smallest absolute Gasteiger partial charge is 0.346 e. The number of rotatable bonds is 6. The molecule has 4 heterocycles. The SMILES string of the molecule is N#C/C(=C\c1ccc(-c2ccc(-c3ccc(-c4ccc(N5c6ccccc6C6C7CCC(C7)C65)cc4)s3)s2)s1)C(=O)O. The molecule has 4 nitrogen and oxygen atoms in total. The molecule has 2 fully saturated rings. The van der Waals surface area contributed by atoms with E-state index in [1.807, 2.05) is 23.5 Å². The van der Waals surface area contributed by atoms with E-state index >= 15 is 0 Å². The van der Waals surface area contributed by atoms with Crippen molar-refractivity contribution in [2.24, 2.45) is 11.8 Å². The van der Waals surface area contributed by atoms with Crippen LogP contribution in [0, 0.1) is 23.2 Å². The predicted octanol–water partition coefficient (Wildman–Crippen LogP) is 9.90. The van der Waals surface area contributed by atoms with Gasteiger partial charge in [-0.15, -0.1) is 34.0 Å². The number of anilines is 2. The zero-order valence-corrected chi connectivity index (χ0v) is 25.0. The summed E-state index contributed by atoms with van der Waals surface area (Å²) in [7, 11) is 0. The van der Waals surface area contributed by atoms with Crippen molar-refractivity contribution in [2.75, 3.05) is 4.90 Å². The van der Waals surface area contributed by atoms with Crippen molar-refractivity contribution in [3.05, 3.63) is 101 Å². The molecular formula is C35H26N2O2S3. The van der Waals surface area contributed by atoms with Crippen molar-refractivity contribution >= 4 is 57.4 Å².